The lowest BCUT2D eigenvalue weighted by molar-refractivity contribution is -0.385. The van der Waals surface area contributed by atoms with Crippen molar-refractivity contribution in [2.45, 2.75) is 19.8 Å². The second-order valence-corrected chi connectivity index (χ2v) is 6.31. The van der Waals surface area contributed by atoms with E-state index in [1.165, 1.54) is 11.9 Å². The third-order valence-corrected chi connectivity index (χ3v) is 4.09. The average molecular weight is 380 g/mol. The molecule has 0 saturated carbocycles. The summed E-state index contributed by atoms with van der Waals surface area (Å²) in [6, 6.07) is 14.3. The summed E-state index contributed by atoms with van der Waals surface area (Å²) < 4.78 is 10.7. The van der Waals surface area contributed by atoms with Gasteiger partial charge in [-0.1, -0.05) is 26.0 Å². The quantitative estimate of drug-likeness (QED) is 0.452. The molecule has 3 aromatic rings. The maximum absolute atomic E-state index is 11.7. The molecule has 0 bridgehead atoms. The van der Waals surface area contributed by atoms with Crippen molar-refractivity contribution in [2.24, 2.45) is 0 Å². The fourth-order valence-corrected chi connectivity index (χ4v) is 2.54. The zero-order valence-corrected chi connectivity index (χ0v) is 15.7. The molecule has 0 atom stereocenters. The zero-order valence-electron chi connectivity index (χ0n) is 15.7. The third-order valence-electron chi connectivity index (χ3n) is 4.09. The SMILES string of the molecule is COc1ccc(Oc2ncnc(Nc3ccc(C(C)C)cc3)c2[N+](=O)[O-])cc1. The maximum atomic E-state index is 11.7. The van der Waals surface area contributed by atoms with Gasteiger partial charge in [0.15, 0.2) is 0 Å². The monoisotopic (exact) mass is 380 g/mol. The first-order valence-electron chi connectivity index (χ1n) is 8.66. The Labute approximate surface area is 162 Å². The Morgan fingerprint density at radius 3 is 2.21 bits per heavy atom. The summed E-state index contributed by atoms with van der Waals surface area (Å²) in [5.74, 6) is 1.35. The molecule has 0 unspecified atom stereocenters. The van der Waals surface area contributed by atoms with E-state index in [-0.39, 0.29) is 17.4 Å². The van der Waals surface area contributed by atoms with E-state index in [2.05, 4.69) is 29.1 Å². The van der Waals surface area contributed by atoms with E-state index in [1.807, 2.05) is 24.3 Å². The lowest BCUT2D eigenvalue weighted by atomic mass is 10.0. The Hall–Kier alpha value is -3.68. The number of aromatic nitrogens is 2. The summed E-state index contributed by atoms with van der Waals surface area (Å²) in [5, 5.41) is 14.6. The topological polar surface area (TPSA) is 99.4 Å². The molecule has 28 heavy (non-hydrogen) atoms. The van der Waals surface area contributed by atoms with Crippen molar-refractivity contribution in [3.05, 3.63) is 70.5 Å². The van der Waals surface area contributed by atoms with Crippen molar-refractivity contribution in [3.8, 4) is 17.4 Å². The number of rotatable bonds is 7. The second-order valence-electron chi connectivity index (χ2n) is 6.31. The Kier molecular flexibility index (Phi) is 5.69. The van der Waals surface area contributed by atoms with Crippen LogP contribution < -0.4 is 14.8 Å². The third kappa shape index (κ3) is 4.35. The standard InChI is InChI=1S/C20H20N4O4/c1-13(2)14-4-6-15(7-5-14)23-19-18(24(25)26)20(22-12-21-19)28-17-10-8-16(27-3)9-11-17/h4-13H,1-3H3,(H,21,22,23). The van der Waals surface area contributed by atoms with Gasteiger partial charge in [0.2, 0.25) is 5.82 Å². The first kappa shape index (κ1) is 19.1. The van der Waals surface area contributed by atoms with Crippen LogP contribution in [0.1, 0.15) is 25.3 Å². The summed E-state index contributed by atoms with van der Waals surface area (Å²) in [7, 11) is 1.55. The normalized spacial score (nSPS) is 10.6. The minimum absolute atomic E-state index is 0.0563. The highest BCUT2D eigenvalue weighted by atomic mass is 16.6. The fraction of sp³-hybridized carbons (Fsp3) is 0.200. The average Bonchev–Trinajstić information content (AvgIpc) is 2.69. The number of hydrogen-bond acceptors (Lipinski definition) is 7. The molecule has 1 heterocycles. The minimum Gasteiger partial charge on any atom is -0.497 e. The molecule has 0 amide bonds. The van der Waals surface area contributed by atoms with Crippen molar-refractivity contribution >= 4 is 17.2 Å². The van der Waals surface area contributed by atoms with Gasteiger partial charge in [-0.25, -0.2) is 4.98 Å². The number of nitro groups is 1. The van der Waals surface area contributed by atoms with Crippen LogP contribution in [0.15, 0.2) is 54.9 Å². The molecule has 1 aromatic heterocycles. The van der Waals surface area contributed by atoms with Crippen molar-refractivity contribution in [2.75, 3.05) is 12.4 Å². The molecule has 0 aliphatic carbocycles. The number of anilines is 2. The molecule has 144 valence electrons. The van der Waals surface area contributed by atoms with Gasteiger partial charge in [0.05, 0.1) is 12.0 Å². The van der Waals surface area contributed by atoms with E-state index in [9.17, 15) is 10.1 Å². The number of methoxy groups -OCH3 is 1. The summed E-state index contributed by atoms with van der Waals surface area (Å²) in [5.41, 5.74) is 1.51. The Morgan fingerprint density at radius 1 is 1.00 bits per heavy atom. The molecular weight excluding hydrogens is 360 g/mol. The van der Waals surface area contributed by atoms with Gasteiger partial charge < -0.3 is 14.8 Å². The first-order chi connectivity index (χ1) is 13.5. The van der Waals surface area contributed by atoms with Crippen molar-refractivity contribution in [3.63, 3.8) is 0 Å². The van der Waals surface area contributed by atoms with E-state index < -0.39 is 4.92 Å². The van der Waals surface area contributed by atoms with Gasteiger partial charge in [-0.3, -0.25) is 10.1 Å². The predicted molar refractivity (Wildman–Crippen MR) is 106 cm³/mol. The number of ether oxygens (including phenoxy) is 2. The summed E-state index contributed by atoms with van der Waals surface area (Å²) in [4.78, 5) is 19.0. The van der Waals surface area contributed by atoms with Gasteiger partial charge in [0.1, 0.15) is 17.8 Å². The van der Waals surface area contributed by atoms with E-state index in [4.69, 9.17) is 9.47 Å². The molecule has 2 aromatic carbocycles. The van der Waals surface area contributed by atoms with Crippen molar-refractivity contribution in [1.82, 2.24) is 9.97 Å². The van der Waals surface area contributed by atoms with Gasteiger partial charge in [0, 0.05) is 5.69 Å². The highest BCUT2D eigenvalue weighted by Gasteiger charge is 2.25. The molecule has 3 rings (SSSR count). The fourth-order valence-electron chi connectivity index (χ4n) is 2.54. The molecule has 0 saturated heterocycles. The Morgan fingerprint density at radius 2 is 1.64 bits per heavy atom. The van der Waals surface area contributed by atoms with Crippen LogP contribution in [0.5, 0.6) is 17.4 Å². The van der Waals surface area contributed by atoms with Crippen LogP contribution in [0.4, 0.5) is 17.2 Å². The molecule has 1 N–H and O–H groups in total. The molecule has 0 radical (unpaired) electrons. The molecule has 0 aliphatic heterocycles. The summed E-state index contributed by atoms with van der Waals surface area (Å²) in [6.07, 6.45) is 1.22. The van der Waals surface area contributed by atoms with Crippen LogP contribution in [-0.4, -0.2) is 22.0 Å². The second kappa shape index (κ2) is 8.34. The number of benzene rings is 2. The van der Waals surface area contributed by atoms with Gasteiger partial charge in [-0.2, -0.15) is 4.98 Å². The van der Waals surface area contributed by atoms with Gasteiger partial charge in [-0.15, -0.1) is 0 Å². The van der Waals surface area contributed by atoms with Crippen LogP contribution in [0, 0.1) is 10.1 Å². The van der Waals surface area contributed by atoms with Crippen molar-refractivity contribution in [1.29, 1.82) is 0 Å². The lowest BCUT2D eigenvalue weighted by Crippen LogP contribution is -2.03. The van der Waals surface area contributed by atoms with Gasteiger partial charge >= 0.3 is 11.6 Å². The summed E-state index contributed by atoms with van der Waals surface area (Å²) in [6.45, 7) is 4.20. The Balaban J connectivity index is 1.89. The van der Waals surface area contributed by atoms with Crippen LogP contribution in [0.3, 0.4) is 0 Å². The number of nitrogens with zero attached hydrogens (tertiary/aromatic N) is 3. The van der Waals surface area contributed by atoms with E-state index >= 15 is 0 Å². The molecule has 8 heteroatoms. The number of nitrogens with one attached hydrogen (secondary N) is 1. The smallest absolute Gasteiger partial charge is 0.373 e. The minimum atomic E-state index is -0.566. The van der Waals surface area contributed by atoms with Gasteiger partial charge in [0.25, 0.3) is 0 Å². The van der Waals surface area contributed by atoms with Gasteiger partial charge in [-0.05, 0) is 47.9 Å². The lowest BCUT2D eigenvalue weighted by Gasteiger charge is -2.11. The van der Waals surface area contributed by atoms with Crippen LogP contribution >= 0.6 is 0 Å². The molecule has 0 spiro atoms. The largest absolute Gasteiger partial charge is 0.497 e. The maximum Gasteiger partial charge on any atom is 0.373 e. The predicted octanol–water partition coefficient (Wildman–Crippen LogP) is 5.05. The van der Waals surface area contributed by atoms with Crippen LogP contribution in [-0.2, 0) is 0 Å². The Bertz CT molecular complexity index is 957. The molecule has 0 fully saturated rings. The van der Waals surface area contributed by atoms with Crippen molar-refractivity contribution < 1.29 is 14.4 Å². The molecule has 0 aliphatic rings. The first-order valence-corrected chi connectivity index (χ1v) is 8.66. The summed E-state index contributed by atoms with van der Waals surface area (Å²) >= 11 is 0. The number of hydrogen-bond donors (Lipinski definition) is 1. The highest BCUT2D eigenvalue weighted by molar-refractivity contribution is 5.68. The highest BCUT2D eigenvalue weighted by Crippen LogP contribution is 2.35. The van der Waals surface area contributed by atoms with Crippen LogP contribution in [0.2, 0.25) is 0 Å². The van der Waals surface area contributed by atoms with Crippen LogP contribution in [0.25, 0.3) is 0 Å². The van der Waals surface area contributed by atoms with E-state index in [1.54, 1.807) is 31.4 Å². The zero-order chi connectivity index (χ0) is 20.1. The molecule has 8 nitrogen and oxygen atoms in total. The molecular formula is C20H20N4O4. The van der Waals surface area contributed by atoms with E-state index in [0.717, 1.165) is 0 Å². The van der Waals surface area contributed by atoms with E-state index in [0.29, 0.717) is 23.1 Å².